The fraction of sp³-hybridized carbons (Fsp3) is 0.471. The first-order valence-corrected chi connectivity index (χ1v) is 7.78. The monoisotopic (exact) mass is 307 g/mol. The van der Waals surface area contributed by atoms with Gasteiger partial charge in [0.25, 0.3) is 0 Å². The molecule has 0 aliphatic heterocycles. The number of anilines is 1. The fourth-order valence-corrected chi connectivity index (χ4v) is 3.12. The van der Waals surface area contributed by atoms with E-state index in [0.717, 1.165) is 17.2 Å². The van der Waals surface area contributed by atoms with E-state index in [-0.39, 0.29) is 0 Å². The molecular weight excluding hydrogens is 286 g/mol. The van der Waals surface area contributed by atoms with Gasteiger partial charge in [-0.05, 0) is 55.4 Å². The Hall–Kier alpha value is -1.48. The summed E-state index contributed by atoms with van der Waals surface area (Å²) >= 11 is 6.12. The van der Waals surface area contributed by atoms with Crippen LogP contribution in [0.1, 0.15) is 38.2 Å². The zero-order valence-electron chi connectivity index (χ0n) is 12.6. The lowest BCUT2D eigenvalue weighted by atomic mass is 9.86. The molecule has 21 heavy (non-hydrogen) atoms. The first-order valence-electron chi connectivity index (χ1n) is 7.40. The summed E-state index contributed by atoms with van der Waals surface area (Å²) in [4.78, 5) is 13.0. The van der Waals surface area contributed by atoms with E-state index in [1.165, 1.54) is 31.8 Å². The van der Waals surface area contributed by atoms with Gasteiger partial charge in [-0.25, -0.2) is 4.79 Å². The molecule has 4 heteroatoms. The van der Waals surface area contributed by atoms with Gasteiger partial charge in [0.2, 0.25) is 0 Å². The van der Waals surface area contributed by atoms with Crippen LogP contribution in [0.25, 0.3) is 6.08 Å². The van der Waals surface area contributed by atoms with Crippen LogP contribution in [-0.4, -0.2) is 24.2 Å². The molecular formula is C17H22ClNO2. The highest BCUT2D eigenvalue weighted by atomic mass is 35.5. The maximum Gasteiger partial charge on any atom is 0.328 e. The molecule has 1 aliphatic rings. The van der Waals surface area contributed by atoms with Crippen LogP contribution >= 0.6 is 11.6 Å². The molecule has 1 N–H and O–H groups in total. The maximum atomic E-state index is 10.7. The Labute approximate surface area is 131 Å². The van der Waals surface area contributed by atoms with Crippen molar-refractivity contribution in [1.82, 2.24) is 0 Å². The van der Waals surface area contributed by atoms with Crippen LogP contribution in [0, 0.1) is 5.92 Å². The predicted molar refractivity (Wildman–Crippen MR) is 87.9 cm³/mol. The van der Waals surface area contributed by atoms with E-state index in [1.807, 2.05) is 12.1 Å². The largest absolute Gasteiger partial charge is 0.478 e. The maximum absolute atomic E-state index is 10.7. The van der Waals surface area contributed by atoms with E-state index in [4.69, 9.17) is 16.7 Å². The molecule has 0 amide bonds. The number of rotatable bonds is 4. The van der Waals surface area contributed by atoms with Gasteiger partial charge in [-0.2, -0.15) is 0 Å². The highest BCUT2D eigenvalue weighted by molar-refractivity contribution is 6.31. The van der Waals surface area contributed by atoms with Crippen molar-refractivity contribution < 1.29 is 9.90 Å². The molecule has 0 heterocycles. The Morgan fingerprint density at radius 3 is 2.62 bits per heavy atom. The summed E-state index contributed by atoms with van der Waals surface area (Å²) < 4.78 is 0. The van der Waals surface area contributed by atoms with Crippen molar-refractivity contribution in [3.63, 3.8) is 0 Å². The summed E-state index contributed by atoms with van der Waals surface area (Å²) in [6.45, 7) is 2.30. The van der Waals surface area contributed by atoms with E-state index in [9.17, 15) is 4.79 Å². The lowest BCUT2D eigenvalue weighted by Gasteiger charge is -2.36. The summed E-state index contributed by atoms with van der Waals surface area (Å²) in [5, 5.41) is 9.48. The highest BCUT2D eigenvalue weighted by Crippen LogP contribution is 2.32. The second kappa shape index (κ2) is 6.99. The molecule has 114 valence electrons. The Morgan fingerprint density at radius 2 is 2.00 bits per heavy atom. The average molecular weight is 308 g/mol. The zero-order chi connectivity index (χ0) is 15.4. The van der Waals surface area contributed by atoms with Crippen molar-refractivity contribution >= 4 is 29.3 Å². The highest BCUT2D eigenvalue weighted by Gasteiger charge is 2.23. The van der Waals surface area contributed by atoms with Crippen LogP contribution in [0.4, 0.5) is 5.69 Å². The first-order chi connectivity index (χ1) is 9.97. The molecule has 0 radical (unpaired) electrons. The molecule has 1 aromatic carbocycles. The van der Waals surface area contributed by atoms with Crippen molar-refractivity contribution in [1.29, 1.82) is 0 Å². The van der Waals surface area contributed by atoms with E-state index >= 15 is 0 Å². The summed E-state index contributed by atoms with van der Waals surface area (Å²) in [5.41, 5.74) is 1.89. The fourth-order valence-electron chi connectivity index (χ4n) is 2.95. The van der Waals surface area contributed by atoms with Crippen LogP contribution in [0.3, 0.4) is 0 Å². The molecule has 2 rings (SSSR count). The van der Waals surface area contributed by atoms with Crippen LogP contribution in [0.5, 0.6) is 0 Å². The van der Waals surface area contributed by atoms with Crippen LogP contribution in [-0.2, 0) is 4.79 Å². The number of carbonyl (C=O) groups is 1. The van der Waals surface area contributed by atoms with Crippen molar-refractivity contribution in [2.75, 3.05) is 11.9 Å². The number of hydrogen-bond acceptors (Lipinski definition) is 2. The molecule has 0 spiro atoms. The number of nitrogens with zero attached hydrogens (tertiary/aromatic N) is 1. The molecule has 1 saturated carbocycles. The van der Waals surface area contributed by atoms with Gasteiger partial charge in [0.15, 0.2) is 0 Å². The second-order valence-electron chi connectivity index (χ2n) is 5.90. The Balaban J connectivity index is 2.24. The van der Waals surface area contributed by atoms with Crippen LogP contribution < -0.4 is 4.90 Å². The SMILES string of the molecule is CC1CCC(N(C)c2cc(Cl)ccc2/C=C/C(=O)O)CC1. The minimum absolute atomic E-state index is 0.497. The van der Waals surface area contributed by atoms with Gasteiger partial charge in [0.1, 0.15) is 0 Å². The molecule has 0 aromatic heterocycles. The summed E-state index contributed by atoms with van der Waals surface area (Å²) in [7, 11) is 2.07. The van der Waals surface area contributed by atoms with Gasteiger partial charge in [-0.1, -0.05) is 24.6 Å². The Kier molecular flexibility index (Phi) is 5.29. The molecule has 3 nitrogen and oxygen atoms in total. The quantitative estimate of drug-likeness (QED) is 0.835. The molecule has 0 saturated heterocycles. The van der Waals surface area contributed by atoms with Crippen LogP contribution in [0.2, 0.25) is 5.02 Å². The number of carboxylic acids is 1. The van der Waals surface area contributed by atoms with E-state index in [0.29, 0.717) is 11.1 Å². The normalized spacial score (nSPS) is 22.4. The molecule has 1 aromatic rings. The average Bonchev–Trinajstić information content (AvgIpc) is 2.46. The van der Waals surface area contributed by atoms with Gasteiger partial charge >= 0.3 is 5.97 Å². The van der Waals surface area contributed by atoms with Gasteiger partial charge in [-0.15, -0.1) is 0 Å². The van der Waals surface area contributed by atoms with Gasteiger partial charge < -0.3 is 10.0 Å². The molecule has 0 atom stereocenters. The van der Waals surface area contributed by atoms with Crippen LogP contribution in [0.15, 0.2) is 24.3 Å². The standard InChI is InChI=1S/C17H22ClNO2/c1-12-3-8-15(9-4-12)19(2)16-11-14(18)7-5-13(16)6-10-17(20)21/h5-7,10-12,15H,3-4,8-9H2,1-2H3,(H,20,21)/b10-6+. The van der Waals surface area contributed by atoms with Crippen molar-refractivity contribution in [3.8, 4) is 0 Å². The Bertz CT molecular complexity index is 534. The summed E-state index contributed by atoms with van der Waals surface area (Å²) in [5.74, 6) is -0.134. The number of hydrogen-bond donors (Lipinski definition) is 1. The molecule has 1 aliphatic carbocycles. The van der Waals surface area contributed by atoms with E-state index in [1.54, 1.807) is 12.1 Å². The number of benzene rings is 1. The number of aliphatic carboxylic acids is 1. The number of halogens is 1. The number of carboxylic acid groups (broad SMARTS) is 1. The third-order valence-corrected chi connectivity index (χ3v) is 4.55. The molecule has 1 fully saturated rings. The minimum Gasteiger partial charge on any atom is -0.478 e. The Morgan fingerprint density at radius 1 is 1.33 bits per heavy atom. The van der Waals surface area contributed by atoms with E-state index in [2.05, 4.69) is 18.9 Å². The summed E-state index contributed by atoms with van der Waals surface area (Å²) in [6.07, 6.45) is 7.64. The predicted octanol–water partition coefficient (Wildman–Crippen LogP) is 4.45. The first kappa shape index (κ1) is 15.9. The van der Waals surface area contributed by atoms with Gasteiger partial charge in [0, 0.05) is 29.9 Å². The molecule has 0 bridgehead atoms. The van der Waals surface area contributed by atoms with E-state index < -0.39 is 5.97 Å². The van der Waals surface area contributed by atoms with Gasteiger partial charge in [0.05, 0.1) is 0 Å². The molecule has 0 unspecified atom stereocenters. The zero-order valence-corrected chi connectivity index (χ0v) is 13.3. The topological polar surface area (TPSA) is 40.5 Å². The van der Waals surface area contributed by atoms with Crippen molar-refractivity contribution in [3.05, 3.63) is 34.9 Å². The smallest absolute Gasteiger partial charge is 0.328 e. The van der Waals surface area contributed by atoms with Gasteiger partial charge in [-0.3, -0.25) is 0 Å². The lowest BCUT2D eigenvalue weighted by molar-refractivity contribution is -0.131. The third-order valence-electron chi connectivity index (χ3n) is 4.31. The van der Waals surface area contributed by atoms with Crippen molar-refractivity contribution in [2.24, 2.45) is 5.92 Å². The third kappa shape index (κ3) is 4.24. The minimum atomic E-state index is -0.940. The van der Waals surface area contributed by atoms with Crippen molar-refractivity contribution in [2.45, 2.75) is 38.6 Å². The lowest BCUT2D eigenvalue weighted by Crippen LogP contribution is -2.35. The second-order valence-corrected chi connectivity index (χ2v) is 6.34. The summed E-state index contributed by atoms with van der Waals surface area (Å²) in [6, 6.07) is 6.08.